The summed E-state index contributed by atoms with van der Waals surface area (Å²) in [7, 11) is 0. The number of alkyl halides is 3. The second kappa shape index (κ2) is 5.87. The van der Waals surface area contributed by atoms with Crippen LogP contribution in [0.3, 0.4) is 0 Å². The van der Waals surface area contributed by atoms with Crippen molar-refractivity contribution in [2.45, 2.75) is 12.8 Å². The minimum atomic E-state index is -4.43. The van der Waals surface area contributed by atoms with Crippen molar-refractivity contribution in [1.82, 2.24) is 0 Å². The molecule has 0 bridgehead atoms. The maximum atomic E-state index is 12.6. The third kappa shape index (κ3) is 3.98. The molecule has 0 aliphatic rings. The molecule has 2 rings (SSSR count). The van der Waals surface area contributed by atoms with Gasteiger partial charge in [0, 0.05) is 0 Å². The molecule has 0 aromatic heterocycles. The second-order valence-corrected chi connectivity index (χ2v) is 4.32. The van der Waals surface area contributed by atoms with E-state index in [-0.39, 0.29) is 17.9 Å². The van der Waals surface area contributed by atoms with Crippen molar-refractivity contribution in [3.05, 3.63) is 65.2 Å². The first kappa shape index (κ1) is 14.9. The molecule has 2 aromatic rings. The molecule has 0 spiro atoms. The normalized spacial score (nSPS) is 11.2. The van der Waals surface area contributed by atoms with Crippen LogP contribution in [-0.2, 0) is 12.8 Å². The number of carboxylic acids is 1. The summed E-state index contributed by atoms with van der Waals surface area (Å²) in [5.74, 6) is -0.999. The molecule has 2 aromatic carbocycles. The average molecular weight is 296 g/mol. The van der Waals surface area contributed by atoms with Crippen LogP contribution >= 0.6 is 0 Å². The van der Waals surface area contributed by atoms with E-state index in [2.05, 4.69) is 0 Å². The van der Waals surface area contributed by atoms with Crippen molar-refractivity contribution in [3.63, 3.8) is 0 Å². The second-order valence-electron chi connectivity index (χ2n) is 4.32. The zero-order valence-corrected chi connectivity index (χ0v) is 10.7. The van der Waals surface area contributed by atoms with Gasteiger partial charge in [0.25, 0.3) is 0 Å². The van der Waals surface area contributed by atoms with Gasteiger partial charge in [-0.25, -0.2) is 4.79 Å². The number of benzene rings is 2. The predicted molar refractivity (Wildman–Crippen MR) is 69.2 cm³/mol. The minimum absolute atomic E-state index is 0.0115. The highest BCUT2D eigenvalue weighted by atomic mass is 19.4. The van der Waals surface area contributed by atoms with Gasteiger partial charge in [-0.05, 0) is 35.9 Å². The summed E-state index contributed by atoms with van der Waals surface area (Å²) in [6.07, 6.45) is -4.43. The van der Waals surface area contributed by atoms with Crippen LogP contribution in [0.25, 0.3) is 0 Å². The van der Waals surface area contributed by atoms with Gasteiger partial charge in [0.15, 0.2) is 0 Å². The van der Waals surface area contributed by atoms with Crippen LogP contribution in [0.5, 0.6) is 5.75 Å². The Morgan fingerprint density at radius 2 is 1.81 bits per heavy atom. The zero-order chi connectivity index (χ0) is 15.5. The zero-order valence-electron chi connectivity index (χ0n) is 10.7. The fraction of sp³-hybridized carbons (Fsp3) is 0.133. The summed E-state index contributed by atoms with van der Waals surface area (Å²) in [5.41, 5.74) is -0.133. The van der Waals surface area contributed by atoms with Gasteiger partial charge in [0.1, 0.15) is 12.4 Å². The lowest BCUT2D eigenvalue weighted by atomic mass is 10.1. The molecule has 0 atom stereocenters. The molecule has 0 aliphatic heterocycles. The molecule has 0 fully saturated rings. The van der Waals surface area contributed by atoms with Gasteiger partial charge in [-0.15, -0.1) is 0 Å². The standard InChI is InChI=1S/C15H11F3O3/c16-15(17,18)12-5-2-6-13(8-12)21-9-10-3-1-4-11(7-10)14(19)20/h1-8H,9H2,(H,19,20). The van der Waals surface area contributed by atoms with E-state index >= 15 is 0 Å². The number of carbonyl (C=O) groups is 1. The van der Waals surface area contributed by atoms with Crippen LogP contribution in [0, 0.1) is 0 Å². The fourth-order valence-corrected chi connectivity index (χ4v) is 1.72. The molecule has 3 nitrogen and oxygen atoms in total. The monoisotopic (exact) mass is 296 g/mol. The van der Waals surface area contributed by atoms with E-state index in [9.17, 15) is 18.0 Å². The number of rotatable bonds is 4. The summed E-state index contributed by atoms with van der Waals surface area (Å²) < 4.78 is 42.9. The van der Waals surface area contributed by atoms with E-state index in [0.29, 0.717) is 5.56 Å². The van der Waals surface area contributed by atoms with Crippen LogP contribution in [-0.4, -0.2) is 11.1 Å². The highest BCUT2D eigenvalue weighted by Crippen LogP contribution is 2.31. The molecule has 1 N–H and O–H groups in total. The molecule has 0 saturated carbocycles. The van der Waals surface area contributed by atoms with Gasteiger partial charge in [-0.1, -0.05) is 18.2 Å². The Morgan fingerprint density at radius 3 is 2.48 bits per heavy atom. The van der Waals surface area contributed by atoms with Crippen molar-refractivity contribution in [2.24, 2.45) is 0 Å². The lowest BCUT2D eigenvalue weighted by Gasteiger charge is -2.10. The van der Waals surface area contributed by atoms with E-state index in [0.717, 1.165) is 12.1 Å². The van der Waals surface area contributed by atoms with Gasteiger partial charge in [-0.3, -0.25) is 0 Å². The van der Waals surface area contributed by atoms with E-state index in [1.165, 1.54) is 24.3 Å². The number of ether oxygens (including phenoxy) is 1. The van der Waals surface area contributed by atoms with Gasteiger partial charge in [0.05, 0.1) is 11.1 Å². The van der Waals surface area contributed by atoms with Crippen molar-refractivity contribution in [3.8, 4) is 5.75 Å². The van der Waals surface area contributed by atoms with E-state index in [1.807, 2.05) is 0 Å². The molecule has 0 radical (unpaired) electrons. The van der Waals surface area contributed by atoms with Crippen molar-refractivity contribution >= 4 is 5.97 Å². The Bertz CT molecular complexity index is 651. The number of halogens is 3. The highest BCUT2D eigenvalue weighted by molar-refractivity contribution is 5.87. The number of aromatic carboxylic acids is 1. The lowest BCUT2D eigenvalue weighted by Crippen LogP contribution is -2.05. The summed E-state index contributed by atoms with van der Waals surface area (Å²) in [6, 6.07) is 10.6. The number of carboxylic acid groups (broad SMARTS) is 1. The average Bonchev–Trinajstić information content (AvgIpc) is 2.45. The Morgan fingerprint density at radius 1 is 1.10 bits per heavy atom. The van der Waals surface area contributed by atoms with Gasteiger partial charge >= 0.3 is 12.1 Å². The Hall–Kier alpha value is -2.50. The topological polar surface area (TPSA) is 46.5 Å². The highest BCUT2D eigenvalue weighted by Gasteiger charge is 2.30. The third-order valence-corrected chi connectivity index (χ3v) is 2.74. The first-order valence-electron chi connectivity index (χ1n) is 5.98. The molecule has 0 amide bonds. The molecule has 0 heterocycles. The Kier molecular flexibility index (Phi) is 4.16. The van der Waals surface area contributed by atoms with E-state index in [1.54, 1.807) is 12.1 Å². The summed E-state index contributed by atoms with van der Waals surface area (Å²) in [6.45, 7) is -0.0115. The van der Waals surface area contributed by atoms with Crippen LogP contribution in [0.15, 0.2) is 48.5 Å². The summed E-state index contributed by atoms with van der Waals surface area (Å²) >= 11 is 0. The summed E-state index contributed by atoms with van der Waals surface area (Å²) in [4.78, 5) is 10.8. The first-order chi connectivity index (χ1) is 9.86. The third-order valence-electron chi connectivity index (χ3n) is 2.74. The van der Waals surface area contributed by atoms with Crippen molar-refractivity contribution in [1.29, 1.82) is 0 Å². The van der Waals surface area contributed by atoms with Gasteiger partial charge in [-0.2, -0.15) is 13.2 Å². The lowest BCUT2D eigenvalue weighted by molar-refractivity contribution is -0.137. The molecule has 6 heteroatoms. The molecule has 0 saturated heterocycles. The smallest absolute Gasteiger partial charge is 0.416 e. The van der Waals surface area contributed by atoms with Crippen LogP contribution < -0.4 is 4.74 Å². The van der Waals surface area contributed by atoms with Gasteiger partial charge < -0.3 is 9.84 Å². The number of hydrogen-bond acceptors (Lipinski definition) is 2. The Labute approximate surface area is 118 Å². The SMILES string of the molecule is O=C(O)c1cccc(COc2cccc(C(F)(F)F)c2)c1. The molecule has 0 aliphatic carbocycles. The largest absolute Gasteiger partial charge is 0.489 e. The van der Waals surface area contributed by atoms with Crippen LogP contribution in [0.1, 0.15) is 21.5 Å². The minimum Gasteiger partial charge on any atom is -0.489 e. The van der Waals surface area contributed by atoms with Crippen LogP contribution in [0.2, 0.25) is 0 Å². The van der Waals surface area contributed by atoms with Crippen LogP contribution in [0.4, 0.5) is 13.2 Å². The number of hydrogen-bond donors (Lipinski definition) is 1. The molecule has 21 heavy (non-hydrogen) atoms. The van der Waals surface area contributed by atoms with E-state index < -0.39 is 17.7 Å². The fourth-order valence-electron chi connectivity index (χ4n) is 1.72. The first-order valence-corrected chi connectivity index (χ1v) is 5.98. The maximum Gasteiger partial charge on any atom is 0.416 e. The van der Waals surface area contributed by atoms with Crippen molar-refractivity contribution in [2.75, 3.05) is 0 Å². The quantitative estimate of drug-likeness (QED) is 0.928. The predicted octanol–water partition coefficient (Wildman–Crippen LogP) is 3.98. The van der Waals surface area contributed by atoms with Gasteiger partial charge in [0.2, 0.25) is 0 Å². The Balaban J connectivity index is 2.10. The maximum absolute atomic E-state index is 12.6. The molecule has 0 unspecified atom stereocenters. The molecule has 110 valence electrons. The molecular formula is C15H11F3O3. The molecular weight excluding hydrogens is 285 g/mol. The van der Waals surface area contributed by atoms with Crippen molar-refractivity contribution < 1.29 is 27.8 Å². The summed E-state index contributed by atoms with van der Waals surface area (Å²) in [5, 5.41) is 8.85. The van der Waals surface area contributed by atoms with E-state index in [4.69, 9.17) is 9.84 Å².